The van der Waals surface area contributed by atoms with Crippen molar-refractivity contribution in [1.82, 2.24) is 5.32 Å². The Morgan fingerprint density at radius 2 is 1.20 bits per heavy atom. The predicted molar refractivity (Wildman–Crippen MR) is 376 cm³/mol. The zero-order valence-electron chi connectivity index (χ0n) is 60.1. The van der Waals surface area contributed by atoms with Crippen LogP contribution in [0, 0.1) is 40.9 Å². The topological polar surface area (TPSA) is 387 Å². The summed E-state index contributed by atoms with van der Waals surface area (Å²) in [5.74, 6) is -5.25. The van der Waals surface area contributed by atoms with E-state index in [4.69, 9.17) is 42.0 Å². The molecule has 0 unspecified atom stereocenters. The number of carbonyl (C=O) groups excluding carboxylic acids is 8. The first-order valence-electron chi connectivity index (χ1n) is 32.1. The molecule has 4 rings (SSSR count). The molecule has 0 spiro atoms. The molecule has 12 atom stereocenters. The molecular formula is C72H109Cl3N6O17. The van der Waals surface area contributed by atoms with Gasteiger partial charge in [0.25, 0.3) is 11.8 Å². The van der Waals surface area contributed by atoms with Crippen molar-refractivity contribution in [3.05, 3.63) is 131 Å². The summed E-state index contributed by atoms with van der Waals surface area (Å²) in [4.78, 5) is 96.4. The van der Waals surface area contributed by atoms with Crippen LogP contribution in [0.15, 0.2) is 125 Å². The van der Waals surface area contributed by atoms with Gasteiger partial charge in [-0.1, -0.05) is 124 Å². The molecule has 0 radical (unpaired) electrons. The van der Waals surface area contributed by atoms with Crippen molar-refractivity contribution in [2.24, 2.45) is 52.4 Å². The molecule has 1 aromatic rings. The number of aromatic hydroxyl groups is 2. The number of amides is 4. The molecule has 4 amide bonds. The third kappa shape index (κ3) is 28.6. The van der Waals surface area contributed by atoms with E-state index in [1.54, 1.807) is 108 Å². The van der Waals surface area contributed by atoms with Crippen LogP contribution in [0.2, 0.25) is 0 Å². The summed E-state index contributed by atoms with van der Waals surface area (Å²) in [6.07, 6.45) is 13.6. The van der Waals surface area contributed by atoms with Gasteiger partial charge in [-0.05, 0) is 114 Å². The second kappa shape index (κ2) is 44.0. The number of aliphatic hydroxyl groups is 2. The van der Waals surface area contributed by atoms with Gasteiger partial charge in [0.15, 0.2) is 17.2 Å². The number of rotatable bonds is 14. The van der Waals surface area contributed by atoms with E-state index in [0.29, 0.717) is 58.5 Å². The first kappa shape index (κ1) is 92.9. The van der Waals surface area contributed by atoms with Crippen molar-refractivity contribution >= 4 is 82.2 Å². The lowest BCUT2D eigenvalue weighted by Crippen LogP contribution is -3.00. The average molecular weight is 1440 g/mol. The Bertz CT molecular complexity index is 3180. The van der Waals surface area contributed by atoms with Gasteiger partial charge in [-0.2, -0.15) is 0 Å². The molecule has 2 heterocycles. The number of hydrogen-bond donors (Lipinski definition) is 10. The van der Waals surface area contributed by atoms with Crippen LogP contribution in [0.4, 0.5) is 21.0 Å². The van der Waals surface area contributed by atoms with E-state index in [0.717, 1.165) is 6.42 Å². The maximum atomic E-state index is 13.6. The minimum Gasteiger partial charge on any atom is -1.00 e. The molecule has 0 saturated heterocycles. The summed E-state index contributed by atoms with van der Waals surface area (Å²) < 4.78 is 22.2. The number of ketones is 2. The van der Waals surface area contributed by atoms with Gasteiger partial charge < -0.3 is 94.4 Å². The number of carboxylic acid groups (broad SMARTS) is 1. The van der Waals surface area contributed by atoms with E-state index in [9.17, 15) is 63.9 Å². The van der Waals surface area contributed by atoms with Crippen LogP contribution in [0.5, 0.6) is 11.5 Å². The number of methoxy groups -OCH3 is 2. The molecule has 23 nitrogen and oxygen atoms in total. The fraction of sp³-hybridized carbons (Fsp3) is 0.528. The van der Waals surface area contributed by atoms with Crippen LogP contribution in [-0.4, -0.2) is 137 Å². The number of nitrogens with two attached hydrogens (primary N) is 4. The molecule has 1 aromatic carbocycles. The predicted octanol–water partition coefficient (Wildman–Crippen LogP) is 4.49. The Kier molecular flexibility index (Phi) is 41.7. The maximum absolute atomic E-state index is 13.6. The Labute approximate surface area is 596 Å². The molecule has 14 N–H and O–H groups in total. The number of phenolic OH excluding ortho intramolecular Hbond substituents is 2. The number of allylic oxidation sites excluding steroid dienone is 8. The highest BCUT2D eigenvalue weighted by Gasteiger charge is 2.37. The first-order valence-corrected chi connectivity index (χ1v) is 32.4. The molecule has 0 saturated carbocycles. The number of ether oxygens (including phenoxy) is 4. The van der Waals surface area contributed by atoms with Crippen molar-refractivity contribution in [2.45, 2.75) is 178 Å². The van der Waals surface area contributed by atoms with Crippen LogP contribution in [0.1, 0.15) is 135 Å². The second-order valence-corrected chi connectivity index (χ2v) is 26.2. The van der Waals surface area contributed by atoms with E-state index >= 15 is 0 Å². The lowest BCUT2D eigenvalue weighted by atomic mass is 9.81. The molecule has 0 aromatic heterocycles. The molecule has 98 heavy (non-hydrogen) atoms. The van der Waals surface area contributed by atoms with Gasteiger partial charge in [0.1, 0.15) is 29.5 Å². The number of carboxylic acids is 1. The van der Waals surface area contributed by atoms with Crippen molar-refractivity contribution in [2.75, 3.05) is 33.1 Å². The van der Waals surface area contributed by atoms with E-state index in [1.165, 1.54) is 26.4 Å². The summed E-state index contributed by atoms with van der Waals surface area (Å²) in [5.41, 5.74) is 13.0. The highest BCUT2D eigenvalue weighted by atomic mass is 35.5. The molecule has 1 aliphatic carbocycles. The SMILES string of the molecule is C=CCCC1=C2C[C@@H](C)[C@H](OC)[C@H](O)[C@@H](C)/C=C(\C)[C@H](OC(N)=O)[C@@H](C)/C=C\C=C(/C)C(=O)NC(=CC1=O)C2=O.C=CC[NH2+]c1c(O)cc2c(O)c1C[C@@H](C)[C@H](OC)[C@H](O)[C@@H](C)/C=C(\C)[C@H](OC(N)=O)[C@@H](C)/C=C\C=C(/C)C(=O)N2.CCC(C)(C)C(=O)Cl.C[NH2+]C(C)(C)C(=O)[O-].Cl.[Cl-]. The number of hydrogen-bond acceptors (Lipinski definition) is 17. The third-order valence-corrected chi connectivity index (χ3v) is 17.7. The molecule has 3 aliphatic rings. The number of halogens is 3. The summed E-state index contributed by atoms with van der Waals surface area (Å²) in [5, 5.41) is 63.2. The van der Waals surface area contributed by atoms with Gasteiger partial charge in [-0.15, -0.1) is 19.0 Å². The summed E-state index contributed by atoms with van der Waals surface area (Å²) in [6.45, 7) is 34.5. The van der Waals surface area contributed by atoms with Crippen LogP contribution < -0.4 is 50.2 Å². The van der Waals surface area contributed by atoms with E-state index < -0.39 is 89.8 Å². The lowest BCUT2D eigenvalue weighted by Gasteiger charge is -2.32. The van der Waals surface area contributed by atoms with E-state index in [-0.39, 0.29) is 106 Å². The van der Waals surface area contributed by atoms with Crippen molar-refractivity contribution < 1.29 is 106 Å². The Morgan fingerprint density at radius 1 is 0.755 bits per heavy atom. The van der Waals surface area contributed by atoms with Gasteiger partial charge in [0, 0.05) is 77.7 Å². The Hall–Kier alpha value is -7.19. The average Bonchev–Trinajstić information content (AvgIpc) is 0.800. The largest absolute Gasteiger partial charge is 1.00 e. The van der Waals surface area contributed by atoms with Gasteiger partial charge >= 0.3 is 12.2 Å². The number of quaternary nitrogens is 2. The highest BCUT2D eigenvalue weighted by molar-refractivity contribution is 6.64. The van der Waals surface area contributed by atoms with Crippen LogP contribution >= 0.6 is 24.0 Å². The van der Waals surface area contributed by atoms with Crippen molar-refractivity contribution in [3.63, 3.8) is 0 Å². The number of carbonyl (C=O) groups is 8. The van der Waals surface area contributed by atoms with Crippen LogP contribution in [-0.2, 0) is 54.1 Å². The summed E-state index contributed by atoms with van der Waals surface area (Å²) in [6, 6.07) is 1.31. The number of Topliss-reactive ketones (excluding diaryl/α,β-unsaturated/α-hetero) is 1. The standard InChI is InChI=1S/C31H42N2O7.C30H43N3O7.C6H11ClO.C5H11NO2.2ClH/c1-8-9-13-22-23-15-21(6)29(39-7)26(35)19(4)14-20(5)28(40-31(32)38)17(2)11-10-12-18(3)30(37)33-24(27(23)36)16-25(22)34;1-8-12-32-24-21-14-20(6)28(39-7)25(35)18(4)13-19(5)27(40-30(31)38)16(2)10-9-11-17(3)29(37)33-22(26(21)36)15-23(24)34;1-4-6(2,3)5(7)8;1-5(2,6-3)4(7)8;;/h8,10-12,14,16-17,19,21,26,28-29,35H,1,9,13,15H2,2-7H3,(H2,32,38)(H,33,37);8-11,13,15-16,18,20,25,27-28,32,34-36H,1,12,14H2,2-7H3,(H2,31,38)(H,33,37);4H2,1-3H3;6H,1-3H3,(H,7,8);2*1H/b11-10-,18-12+,20-14+;10-9-,17-11+,19-13+;;;;/t17-,19-,21+,26+,28+,29-;16-,18-,20+,25+,27+,28-;;;;/m00..../s1. The summed E-state index contributed by atoms with van der Waals surface area (Å²) in [7, 11) is 4.68. The number of primary amides is 2. The second-order valence-electron chi connectivity index (χ2n) is 25.9. The Balaban J connectivity index is 0. The van der Waals surface area contributed by atoms with Crippen LogP contribution in [0.25, 0.3) is 0 Å². The normalized spacial score (nSPS) is 27.3. The van der Waals surface area contributed by atoms with Gasteiger partial charge in [0.2, 0.25) is 11.0 Å². The number of likely N-dealkylation sites (N-methyl/N-ethyl adjacent to an activating group) is 1. The van der Waals surface area contributed by atoms with E-state index in [2.05, 4.69) is 23.8 Å². The number of nitrogens with one attached hydrogen (secondary N) is 2. The first-order chi connectivity index (χ1) is 44.6. The number of fused-ring (bicyclic) bond motifs is 4. The van der Waals surface area contributed by atoms with Gasteiger partial charge in [0.05, 0.1) is 55.0 Å². The third-order valence-electron chi connectivity index (χ3n) is 17.2. The van der Waals surface area contributed by atoms with Gasteiger partial charge in [-0.3, -0.25) is 24.0 Å². The summed E-state index contributed by atoms with van der Waals surface area (Å²) >= 11 is 5.23. The van der Waals surface area contributed by atoms with Crippen LogP contribution in [0.3, 0.4) is 0 Å². The quantitative estimate of drug-likeness (QED) is 0.0306. The molecule has 0 fully saturated rings. The minimum atomic E-state index is -1.03. The molecule has 4 bridgehead atoms. The monoisotopic (exact) mass is 1430 g/mol. The molecular weight excluding hydrogens is 1330 g/mol. The zero-order valence-corrected chi connectivity index (χ0v) is 62.4. The number of phenols is 2. The Morgan fingerprint density at radius 3 is 1.57 bits per heavy atom. The fourth-order valence-corrected chi connectivity index (χ4v) is 10.5. The molecule has 550 valence electrons. The number of benzene rings is 1. The lowest BCUT2D eigenvalue weighted by molar-refractivity contribution is -0.689. The van der Waals surface area contributed by atoms with Gasteiger partial charge in [-0.25, -0.2) is 9.59 Å². The van der Waals surface area contributed by atoms with E-state index in [1.807, 2.05) is 74.5 Å². The fourth-order valence-electron chi connectivity index (χ4n) is 10.4. The molecule has 2 aliphatic heterocycles. The smallest absolute Gasteiger partial charge is 0.405 e. The van der Waals surface area contributed by atoms with Crippen molar-refractivity contribution in [3.8, 4) is 11.5 Å². The number of aliphatic hydroxyl groups excluding tert-OH is 2. The minimum absolute atomic E-state index is 0. The highest BCUT2D eigenvalue weighted by Crippen LogP contribution is 2.41. The number of anilines is 1. The molecule has 26 heteroatoms. The maximum Gasteiger partial charge on any atom is 0.405 e. The van der Waals surface area contributed by atoms with Crippen molar-refractivity contribution in [1.29, 1.82) is 0 Å². The zero-order chi connectivity index (χ0) is 73.9. The number of aliphatic carboxylic acids is 1.